The van der Waals surface area contributed by atoms with Crippen LogP contribution in [-0.4, -0.2) is 32.8 Å². The number of hydrogen-bond donors (Lipinski definition) is 2. The zero-order valence-electron chi connectivity index (χ0n) is 13.1. The van der Waals surface area contributed by atoms with Crippen molar-refractivity contribution in [3.63, 3.8) is 0 Å². The molecule has 1 unspecified atom stereocenters. The highest BCUT2D eigenvalue weighted by Gasteiger charge is 2.10. The van der Waals surface area contributed by atoms with Gasteiger partial charge in [0, 0.05) is 30.5 Å². The second kappa shape index (κ2) is 7.75. The Morgan fingerprint density at radius 2 is 2.32 bits per heavy atom. The number of aliphatic hydroxyl groups is 1. The molecule has 5 nitrogen and oxygen atoms in total. The minimum Gasteiger partial charge on any atom is -0.491 e. The van der Waals surface area contributed by atoms with Gasteiger partial charge in [0.25, 0.3) is 0 Å². The fourth-order valence-electron chi connectivity index (χ4n) is 2.34. The van der Waals surface area contributed by atoms with E-state index in [1.54, 1.807) is 6.33 Å². The topological polar surface area (TPSA) is 71.0 Å². The first-order valence-corrected chi connectivity index (χ1v) is 7.58. The van der Waals surface area contributed by atoms with E-state index in [4.69, 9.17) is 9.84 Å². The van der Waals surface area contributed by atoms with Crippen LogP contribution < -0.4 is 0 Å². The lowest BCUT2D eigenvalue weighted by Gasteiger charge is -2.16. The Kier molecular flexibility index (Phi) is 5.72. The number of rotatable bonds is 8. The zero-order valence-corrected chi connectivity index (χ0v) is 13.1. The van der Waals surface area contributed by atoms with Crippen molar-refractivity contribution < 1.29 is 9.84 Å². The number of H-pyrrole nitrogens is 1. The van der Waals surface area contributed by atoms with Gasteiger partial charge in [0.15, 0.2) is 0 Å². The first-order chi connectivity index (χ1) is 10.7. The van der Waals surface area contributed by atoms with Crippen LogP contribution in [0.15, 0.2) is 43.1 Å². The third kappa shape index (κ3) is 3.95. The lowest BCUT2D eigenvalue weighted by molar-refractivity contribution is 0.0937. The molecular weight excluding hydrogens is 278 g/mol. The van der Waals surface area contributed by atoms with Gasteiger partial charge in [-0.15, -0.1) is 0 Å². The molecule has 2 aromatic rings. The molecule has 2 N–H and O–H groups in total. The molecular formula is C17H23N3O2. The Balaban J connectivity index is 2.03. The summed E-state index contributed by atoms with van der Waals surface area (Å²) in [4.78, 5) is 11.7. The van der Waals surface area contributed by atoms with Gasteiger partial charge >= 0.3 is 0 Å². The monoisotopic (exact) mass is 301 g/mol. The summed E-state index contributed by atoms with van der Waals surface area (Å²) in [6, 6.07) is 1.98. The zero-order chi connectivity index (χ0) is 15.9. The van der Waals surface area contributed by atoms with Gasteiger partial charge in [0.1, 0.15) is 23.8 Å². The van der Waals surface area contributed by atoms with Crippen molar-refractivity contribution >= 4 is 11.0 Å². The number of aromatic amines is 1. The number of nitrogens with zero attached hydrogens (tertiary/aromatic N) is 2. The summed E-state index contributed by atoms with van der Waals surface area (Å²) in [7, 11) is 0. The quantitative estimate of drug-likeness (QED) is 0.579. The normalized spacial score (nSPS) is 14.3. The first-order valence-electron chi connectivity index (χ1n) is 7.58. The van der Waals surface area contributed by atoms with Crippen molar-refractivity contribution in [2.24, 2.45) is 0 Å². The Morgan fingerprint density at radius 1 is 1.50 bits per heavy atom. The number of fused-ring (bicyclic) bond motifs is 1. The van der Waals surface area contributed by atoms with Crippen LogP contribution in [0.2, 0.25) is 0 Å². The molecule has 0 aromatic carbocycles. The molecule has 2 rings (SSSR count). The summed E-state index contributed by atoms with van der Waals surface area (Å²) < 4.78 is 5.72. The molecule has 0 fully saturated rings. The van der Waals surface area contributed by atoms with Gasteiger partial charge < -0.3 is 14.8 Å². The molecule has 22 heavy (non-hydrogen) atoms. The largest absolute Gasteiger partial charge is 0.491 e. The lowest BCUT2D eigenvalue weighted by atomic mass is 10.0. The van der Waals surface area contributed by atoms with Gasteiger partial charge in [-0.25, -0.2) is 9.97 Å². The summed E-state index contributed by atoms with van der Waals surface area (Å²) in [5.74, 6) is 0.728. The van der Waals surface area contributed by atoms with E-state index in [-0.39, 0.29) is 18.6 Å². The average molecular weight is 301 g/mol. The predicted molar refractivity (Wildman–Crippen MR) is 87.5 cm³/mol. The van der Waals surface area contributed by atoms with Crippen molar-refractivity contribution in [3.8, 4) is 0 Å². The third-order valence-electron chi connectivity index (χ3n) is 3.61. The SMILES string of the molecule is C=C(/C=C\[C@H](C)c1ncnc2[nH]ccc12)OC(CC)CCO. The van der Waals surface area contributed by atoms with Gasteiger partial charge in [-0.05, 0) is 18.6 Å². The molecule has 2 aromatic heterocycles. The van der Waals surface area contributed by atoms with Crippen LogP contribution in [-0.2, 0) is 4.74 Å². The molecule has 5 heteroatoms. The number of allylic oxidation sites excluding steroid dienone is 2. The van der Waals surface area contributed by atoms with Crippen molar-refractivity contribution in [1.82, 2.24) is 15.0 Å². The number of hydrogen-bond acceptors (Lipinski definition) is 4. The van der Waals surface area contributed by atoms with Gasteiger partial charge in [0.2, 0.25) is 0 Å². The van der Waals surface area contributed by atoms with E-state index in [2.05, 4.69) is 28.5 Å². The molecule has 0 bridgehead atoms. The van der Waals surface area contributed by atoms with E-state index in [1.165, 1.54) is 0 Å². The number of ether oxygens (including phenoxy) is 1. The fraction of sp³-hybridized carbons (Fsp3) is 0.412. The van der Waals surface area contributed by atoms with Gasteiger partial charge in [-0.2, -0.15) is 0 Å². The second-order valence-corrected chi connectivity index (χ2v) is 5.27. The van der Waals surface area contributed by atoms with Crippen LogP contribution in [0.3, 0.4) is 0 Å². The van der Waals surface area contributed by atoms with Crippen molar-refractivity contribution in [3.05, 3.63) is 48.8 Å². The molecule has 2 heterocycles. The first kappa shape index (κ1) is 16.2. The van der Waals surface area contributed by atoms with Crippen LogP contribution in [0.4, 0.5) is 0 Å². The van der Waals surface area contributed by atoms with Crippen LogP contribution in [0.1, 0.15) is 38.3 Å². The van der Waals surface area contributed by atoms with Crippen molar-refractivity contribution in [2.45, 2.75) is 38.7 Å². The van der Waals surface area contributed by atoms with Crippen LogP contribution in [0, 0.1) is 0 Å². The molecule has 0 aliphatic carbocycles. The standard InChI is InChI=1S/C17H23N3O2/c1-4-14(8-10-21)22-13(3)6-5-12(2)16-15-7-9-18-17(15)20-11-19-16/h5-7,9,11-12,14,21H,3-4,8,10H2,1-2H3,(H,18,19,20)/b6-5-/t12-,14?/m0/s1. The maximum atomic E-state index is 8.98. The van der Waals surface area contributed by atoms with E-state index in [9.17, 15) is 0 Å². The lowest BCUT2D eigenvalue weighted by Crippen LogP contribution is -2.12. The van der Waals surface area contributed by atoms with E-state index in [0.717, 1.165) is 23.1 Å². The van der Waals surface area contributed by atoms with Gasteiger partial charge in [-0.3, -0.25) is 0 Å². The molecule has 0 saturated carbocycles. The summed E-state index contributed by atoms with van der Waals surface area (Å²) in [5, 5.41) is 10.0. The number of aromatic nitrogens is 3. The molecule has 0 aliphatic heterocycles. The molecule has 118 valence electrons. The predicted octanol–water partition coefficient (Wildman–Crippen LogP) is 3.31. The highest BCUT2D eigenvalue weighted by molar-refractivity contribution is 5.78. The molecule has 0 saturated heterocycles. The molecule has 0 aliphatic rings. The average Bonchev–Trinajstić information content (AvgIpc) is 3.00. The number of nitrogens with one attached hydrogen (secondary N) is 1. The Bertz CT molecular complexity index is 648. The Labute approximate surface area is 130 Å². The van der Waals surface area contributed by atoms with Crippen LogP contribution >= 0.6 is 0 Å². The smallest absolute Gasteiger partial charge is 0.140 e. The molecule has 0 amide bonds. The maximum absolute atomic E-state index is 8.98. The van der Waals surface area contributed by atoms with Crippen molar-refractivity contribution in [2.75, 3.05) is 6.61 Å². The number of aliphatic hydroxyl groups excluding tert-OH is 1. The van der Waals surface area contributed by atoms with Gasteiger partial charge in [0.05, 0.1) is 5.69 Å². The highest BCUT2D eigenvalue weighted by atomic mass is 16.5. The molecule has 0 spiro atoms. The maximum Gasteiger partial charge on any atom is 0.140 e. The summed E-state index contributed by atoms with van der Waals surface area (Å²) >= 11 is 0. The van der Waals surface area contributed by atoms with E-state index in [0.29, 0.717) is 12.2 Å². The van der Waals surface area contributed by atoms with Gasteiger partial charge in [-0.1, -0.05) is 26.5 Å². The molecule has 0 radical (unpaired) electrons. The highest BCUT2D eigenvalue weighted by Crippen LogP contribution is 2.23. The van der Waals surface area contributed by atoms with Crippen LogP contribution in [0.5, 0.6) is 0 Å². The van der Waals surface area contributed by atoms with E-state index >= 15 is 0 Å². The minimum absolute atomic E-state index is 0.00730. The summed E-state index contributed by atoms with van der Waals surface area (Å²) in [6.07, 6.45) is 8.79. The molecule has 2 atom stereocenters. The van der Waals surface area contributed by atoms with Crippen LogP contribution in [0.25, 0.3) is 11.0 Å². The van der Waals surface area contributed by atoms with Crippen molar-refractivity contribution in [1.29, 1.82) is 0 Å². The van der Waals surface area contributed by atoms with E-state index < -0.39 is 0 Å². The Morgan fingerprint density at radius 3 is 3.05 bits per heavy atom. The minimum atomic E-state index is 0.00730. The fourth-order valence-corrected chi connectivity index (χ4v) is 2.34. The summed E-state index contributed by atoms with van der Waals surface area (Å²) in [5.41, 5.74) is 1.81. The second-order valence-electron chi connectivity index (χ2n) is 5.27. The Hall–Kier alpha value is -2.14. The summed E-state index contributed by atoms with van der Waals surface area (Å²) in [6.45, 7) is 8.14. The van der Waals surface area contributed by atoms with E-state index in [1.807, 2.05) is 31.3 Å². The third-order valence-corrected chi connectivity index (χ3v) is 3.61.